The van der Waals surface area contributed by atoms with Gasteiger partial charge in [0, 0.05) is 21.8 Å². The third kappa shape index (κ3) is 3.77. The van der Waals surface area contributed by atoms with Gasteiger partial charge < -0.3 is 4.90 Å². The second-order valence-corrected chi connectivity index (χ2v) is 10.4. The molecule has 0 spiro atoms. The maximum atomic E-state index is 3.76. The van der Waals surface area contributed by atoms with Crippen LogP contribution >= 0.6 is 15.9 Å². The summed E-state index contributed by atoms with van der Waals surface area (Å²) in [4.78, 5) is 2.38. The van der Waals surface area contributed by atoms with Crippen LogP contribution in [0.2, 0.25) is 0 Å². The Kier molecular flexibility index (Phi) is 5.41. The van der Waals surface area contributed by atoms with E-state index in [2.05, 4.69) is 160 Å². The van der Waals surface area contributed by atoms with Crippen LogP contribution in [0.15, 0.2) is 144 Å². The van der Waals surface area contributed by atoms with Crippen molar-refractivity contribution in [2.75, 3.05) is 4.90 Å². The van der Waals surface area contributed by atoms with Gasteiger partial charge in [-0.1, -0.05) is 101 Å². The average Bonchev–Trinajstić information content (AvgIpc) is 3.25. The van der Waals surface area contributed by atoms with Crippen molar-refractivity contribution < 1.29 is 0 Å². The van der Waals surface area contributed by atoms with Gasteiger partial charge in [0.15, 0.2) is 0 Å². The van der Waals surface area contributed by atoms with Crippen molar-refractivity contribution in [3.8, 4) is 11.1 Å². The largest absolute Gasteiger partial charge is 0.310 e. The third-order valence-corrected chi connectivity index (χ3v) is 7.85. The zero-order chi connectivity index (χ0) is 24.8. The summed E-state index contributed by atoms with van der Waals surface area (Å²) < 4.78 is 1.11. The third-order valence-electron chi connectivity index (χ3n) is 7.36. The summed E-state index contributed by atoms with van der Waals surface area (Å²) in [6.45, 7) is 0. The van der Waals surface area contributed by atoms with Gasteiger partial charge in [-0.05, 0) is 93.2 Å². The van der Waals surface area contributed by atoms with E-state index in [4.69, 9.17) is 0 Å². The van der Waals surface area contributed by atoms with E-state index in [-0.39, 0.29) is 5.92 Å². The maximum Gasteiger partial charge on any atom is 0.0503 e. The molecule has 1 atom stereocenters. The van der Waals surface area contributed by atoms with Crippen LogP contribution < -0.4 is 4.90 Å². The van der Waals surface area contributed by atoms with Crippen LogP contribution in [-0.4, -0.2) is 0 Å². The van der Waals surface area contributed by atoms with Crippen LogP contribution in [0.5, 0.6) is 0 Å². The predicted octanol–water partition coefficient (Wildman–Crippen LogP) is 10.2. The Bertz CT molecular complexity index is 1700. The SMILES string of the molecule is Brc1ccc2c(c1)C(c1ccccc1N(c1ccccc1)c1ccccc1)c1cc3ccccc3cc1-2. The lowest BCUT2D eigenvalue weighted by Gasteiger charge is -2.30. The zero-order valence-electron chi connectivity index (χ0n) is 20.2. The van der Waals surface area contributed by atoms with Crippen molar-refractivity contribution in [2.45, 2.75) is 5.92 Å². The molecule has 0 N–H and O–H groups in total. The summed E-state index contributed by atoms with van der Waals surface area (Å²) in [6, 6.07) is 50.4. The lowest BCUT2D eigenvalue weighted by molar-refractivity contribution is 1.01. The molecule has 176 valence electrons. The Morgan fingerprint density at radius 1 is 0.459 bits per heavy atom. The first-order valence-corrected chi connectivity index (χ1v) is 13.4. The Hall–Kier alpha value is -4.14. The van der Waals surface area contributed by atoms with Gasteiger partial charge in [0.05, 0.1) is 5.69 Å². The number of halogens is 1. The number of hydrogen-bond acceptors (Lipinski definition) is 1. The number of hydrogen-bond donors (Lipinski definition) is 0. The van der Waals surface area contributed by atoms with Crippen molar-refractivity contribution >= 4 is 43.8 Å². The Morgan fingerprint density at radius 3 is 1.73 bits per heavy atom. The lowest BCUT2D eigenvalue weighted by Crippen LogP contribution is -2.14. The zero-order valence-corrected chi connectivity index (χ0v) is 21.8. The number of benzene rings is 6. The van der Waals surface area contributed by atoms with Crippen molar-refractivity contribution in [3.05, 3.63) is 161 Å². The monoisotopic (exact) mass is 537 g/mol. The maximum absolute atomic E-state index is 3.76. The number of nitrogens with zero attached hydrogens (tertiary/aromatic N) is 1. The number of rotatable bonds is 4. The molecule has 0 fully saturated rings. The first-order chi connectivity index (χ1) is 18.3. The molecule has 1 unspecified atom stereocenters. The highest BCUT2D eigenvalue weighted by atomic mass is 79.9. The molecule has 2 heteroatoms. The molecule has 6 aromatic carbocycles. The van der Waals surface area contributed by atoms with Crippen molar-refractivity contribution in [2.24, 2.45) is 0 Å². The molecular formula is C35H24BrN. The van der Waals surface area contributed by atoms with Gasteiger partial charge in [-0.2, -0.15) is 0 Å². The smallest absolute Gasteiger partial charge is 0.0503 e. The molecule has 6 aromatic rings. The van der Waals surface area contributed by atoms with E-state index in [0.717, 1.165) is 15.8 Å². The van der Waals surface area contributed by atoms with Gasteiger partial charge in [0.2, 0.25) is 0 Å². The van der Waals surface area contributed by atoms with Gasteiger partial charge in [0.25, 0.3) is 0 Å². The van der Waals surface area contributed by atoms with E-state index in [1.807, 2.05) is 0 Å². The number of anilines is 3. The summed E-state index contributed by atoms with van der Waals surface area (Å²) in [6.07, 6.45) is 0. The number of para-hydroxylation sites is 3. The van der Waals surface area contributed by atoms with Gasteiger partial charge in [-0.3, -0.25) is 0 Å². The van der Waals surface area contributed by atoms with Crippen molar-refractivity contribution in [1.82, 2.24) is 0 Å². The normalized spacial score (nSPS) is 13.8. The number of fused-ring (bicyclic) bond motifs is 4. The molecular weight excluding hydrogens is 514 g/mol. The second kappa shape index (κ2) is 9.06. The van der Waals surface area contributed by atoms with Crippen LogP contribution in [0, 0.1) is 0 Å². The quantitative estimate of drug-likeness (QED) is 0.216. The summed E-state index contributed by atoms with van der Waals surface area (Å²) in [5.74, 6) is 0.123. The molecule has 0 bridgehead atoms. The first-order valence-electron chi connectivity index (χ1n) is 12.6. The molecule has 0 aromatic heterocycles. The highest BCUT2D eigenvalue weighted by molar-refractivity contribution is 9.10. The highest BCUT2D eigenvalue weighted by Crippen LogP contribution is 2.52. The van der Waals surface area contributed by atoms with Crippen molar-refractivity contribution in [1.29, 1.82) is 0 Å². The standard InChI is InChI=1S/C35H24BrN/c36-26-19-20-29-31-21-24-11-7-8-12-25(24)22-32(31)35(33(29)23-26)30-17-9-10-18-34(30)37(27-13-3-1-4-14-27)28-15-5-2-6-16-28/h1-23,35H. The molecule has 1 aliphatic carbocycles. The molecule has 7 rings (SSSR count). The molecule has 1 aliphatic rings. The van der Waals surface area contributed by atoms with E-state index in [1.165, 1.54) is 44.3 Å². The van der Waals surface area contributed by atoms with E-state index in [0.29, 0.717) is 0 Å². The van der Waals surface area contributed by atoms with E-state index in [9.17, 15) is 0 Å². The predicted molar refractivity (Wildman–Crippen MR) is 159 cm³/mol. The summed E-state index contributed by atoms with van der Waals surface area (Å²) >= 11 is 3.76. The molecule has 0 amide bonds. The van der Waals surface area contributed by atoms with Crippen LogP contribution in [0.25, 0.3) is 21.9 Å². The molecule has 1 nitrogen and oxygen atoms in total. The van der Waals surface area contributed by atoms with Crippen LogP contribution in [0.3, 0.4) is 0 Å². The van der Waals surface area contributed by atoms with Gasteiger partial charge >= 0.3 is 0 Å². The molecule has 0 radical (unpaired) electrons. The highest BCUT2D eigenvalue weighted by Gasteiger charge is 2.33. The molecule has 0 aliphatic heterocycles. The Morgan fingerprint density at radius 2 is 1.03 bits per heavy atom. The van der Waals surface area contributed by atoms with Crippen LogP contribution in [-0.2, 0) is 0 Å². The average molecular weight is 538 g/mol. The summed E-state index contributed by atoms with van der Waals surface area (Å²) in [7, 11) is 0. The van der Waals surface area contributed by atoms with Crippen LogP contribution in [0.4, 0.5) is 17.1 Å². The van der Waals surface area contributed by atoms with Gasteiger partial charge in [-0.15, -0.1) is 0 Å². The molecule has 0 heterocycles. The summed E-state index contributed by atoms with van der Waals surface area (Å²) in [5.41, 5.74) is 10.1. The Balaban J connectivity index is 1.51. The minimum Gasteiger partial charge on any atom is -0.310 e. The van der Waals surface area contributed by atoms with Crippen molar-refractivity contribution in [3.63, 3.8) is 0 Å². The summed E-state index contributed by atoms with van der Waals surface area (Å²) in [5, 5.41) is 2.55. The first kappa shape index (κ1) is 22.1. The van der Waals surface area contributed by atoms with Gasteiger partial charge in [0.1, 0.15) is 0 Å². The lowest BCUT2D eigenvalue weighted by atomic mass is 9.87. The second-order valence-electron chi connectivity index (χ2n) is 9.52. The van der Waals surface area contributed by atoms with E-state index < -0.39 is 0 Å². The molecule has 0 saturated carbocycles. The van der Waals surface area contributed by atoms with E-state index >= 15 is 0 Å². The topological polar surface area (TPSA) is 3.24 Å². The fraction of sp³-hybridized carbons (Fsp3) is 0.0286. The van der Waals surface area contributed by atoms with Gasteiger partial charge in [-0.25, -0.2) is 0 Å². The fourth-order valence-corrected chi connectivity index (χ4v) is 6.15. The fourth-order valence-electron chi connectivity index (χ4n) is 5.77. The Labute approximate surface area is 225 Å². The van der Waals surface area contributed by atoms with Crippen LogP contribution in [0.1, 0.15) is 22.6 Å². The van der Waals surface area contributed by atoms with E-state index in [1.54, 1.807) is 0 Å². The minimum atomic E-state index is 0.123. The minimum absolute atomic E-state index is 0.123. The molecule has 0 saturated heterocycles. The molecule has 37 heavy (non-hydrogen) atoms.